The van der Waals surface area contributed by atoms with E-state index in [-0.39, 0.29) is 23.5 Å². The van der Waals surface area contributed by atoms with Gasteiger partial charge in [-0.05, 0) is 23.8 Å². The van der Waals surface area contributed by atoms with E-state index in [4.69, 9.17) is 4.74 Å². The number of carbonyl (C=O) groups excluding carboxylic acids is 1. The Morgan fingerprint density at radius 3 is 2.46 bits per heavy atom. The van der Waals surface area contributed by atoms with E-state index in [0.29, 0.717) is 12.6 Å². The number of nitrogens with zero attached hydrogens (tertiary/aromatic N) is 1. The van der Waals surface area contributed by atoms with E-state index in [1.165, 1.54) is 19.3 Å². The van der Waals surface area contributed by atoms with Gasteiger partial charge in [-0.15, -0.1) is 0 Å². The van der Waals surface area contributed by atoms with Crippen molar-refractivity contribution in [3.63, 3.8) is 0 Å². The maximum atomic E-state index is 12.8. The number of halogens is 1. The molecule has 1 heterocycles. The molecule has 2 fully saturated rings. The summed E-state index contributed by atoms with van der Waals surface area (Å²) < 4.78 is 6.09. The maximum Gasteiger partial charge on any atom is 0.254 e. The molecule has 1 saturated heterocycles. The minimum absolute atomic E-state index is 0.00666. The van der Waals surface area contributed by atoms with Crippen molar-refractivity contribution in [1.82, 2.24) is 4.90 Å². The molecule has 1 aromatic carbocycles. The number of benzene rings is 1. The molecule has 0 N–H and O–H groups in total. The van der Waals surface area contributed by atoms with Crippen LogP contribution in [0.5, 0.6) is 0 Å². The number of amides is 1. The van der Waals surface area contributed by atoms with Gasteiger partial charge in [0, 0.05) is 11.4 Å². The first kappa shape index (κ1) is 17.9. The highest BCUT2D eigenvalue weighted by Crippen LogP contribution is 2.42. The van der Waals surface area contributed by atoms with Crippen LogP contribution in [0.25, 0.3) is 0 Å². The summed E-state index contributed by atoms with van der Waals surface area (Å²) in [5.74, 6) is 0.192. The molecule has 132 valence electrons. The fourth-order valence-electron chi connectivity index (χ4n) is 4.04. The van der Waals surface area contributed by atoms with Crippen molar-refractivity contribution in [2.75, 3.05) is 5.33 Å². The smallest absolute Gasteiger partial charge is 0.254 e. The lowest BCUT2D eigenvalue weighted by molar-refractivity contribution is -0.194. The zero-order chi connectivity index (χ0) is 17.2. The third-order valence-electron chi connectivity index (χ3n) is 5.47. The van der Waals surface area contributed by atoms with E-state index >= 15 is 0 Å². The Hall–Kier alpha value is -0.870. The van der Waals surface area contributed by atoms with Crippen LogP contribution in [0.2, 0.25) is 0 Å². The fourth-order valence-corrected chi connectivity index (χ4v) is 4.37. The second kappa shape index (κ2) is 7.57. The Morgan fingerprint density at radius 1 is 1.17 bits per heavy atom. The zero-order valence-electron chi connectivity index (χ0n) is 14.7. The molecule has 0 spiro atoms. The van der Waals surface area contributed by atoms with E-state index in [9.17, 15) is 4.79 Å². The number of carbonyl (C=O) groups is 1. The van der Waals surface area contributed by atoms with Crippen LogP contribution in [0.1, 0.15) is 51.5 Å². The normalized spacial score (nSPS) is 25.6. The zero-order valence-corrected chi connectivity index (χ0v) is 16.3. The van der Waals surface area contributed by atoms with Crippen molar-refractivity contribution in [3.05, 3.63) is 35.9 Å². The number of alkyl halides is 1. The first-order valence-electron chi connectivity index (χ1n) is 9.08. The molecule has 0 bridgehead atoms. The molecule has 1 saturated carbocycles. The number of hydrogen-bond donors (Lipinski definition) is 0. The Balaban J connectivity index is 1.72. The fraction of sp³-hybridized carbons (Fsp3) is 0.650. The summed E-state index contributed by atoms with van der Waals surface area (Å²) in [7, 11) is 0. The third kappa shape index (κ3) is 3.55. The summed E-state index contributed by atoms with van der Waals surface area (Å²) in [6, 6.07) is 10.7. The summed E-state index contributed by atoms with van der Waals surface area (Å²) in [5, 5.41) is 0.867. The number of likely N-dealkylation sites (tertiary alicyclic amines) is 1. The second-order valence-electron chi connectivity index (χ2n) is 7.82. The molecule has 1 aliphatic carbocycles. The molecule has 3 rings (SSSR count). The van der Waals surface area contributed by atoms with Crippen LogP contribution in [-0.2, 0) is 16.1 Å². The van der Waals surface area contributed by atoms with Gasteiger partial charge in [0.25, 0.3) is 5.91 Å². The monoisotopic (exact) mass is 393 g/mol. The van der Waals surface area contributed by atoms with Crippen molar-refractivity contribution in [2.24, 2.45) is 5.41 Å². The van der Waals surface area contributed by atoms with E-state index in [1.54, 1.807) is 0 Å². The molecule has 24 heavy (non-hydrogen) atoms. The molecular weight excluding hydrogens is 366 g/mol. The minimum Gasteiger partial charge on any atom is -0.361 e. The Labute approximate surface area is 153 Å². The summed E-state index contributed by atoms with van der Waals surface area (Å²) >= 11 is 3.65. The summed E-state index contributed by atoms with van der Waals surface area (Å²) in [6.45, 7) is 4.96. The lowest BCUT2D eigenvalue weighted by atomic mass is 9.74. The van der Waals surface area contributed by atoms with Crippen LogP contribution in [0.15, 0.2) is 30.3 Å². The third-order valence-corrected chi connectivity index (χ3v) is 6.92. The lowest BCUT2D eigenvalue weighted by Crippen LogP contribution is -2.73. The van der Waals surface area contributed by atoms with Crippen LogP contribution in [0.3, 0.4) is 0 Å². The predicted molar refractivity (Wildman–Crippen MR) is 100 cm³/mol. The molecule has 3 nitrogen and oxygen atoms in total. The molecule has 2 atom stereocenters. The van der Waals surface area contributed by atoms with E-state index in [2.05, 4.69) is 34.7 Å². The van der Waals surface area contributed by atoms with Crippen LogP contribution in [0, 0.1) is 5.41 Å². The standard InChI is InChI=1S/C20H28BrNO2/c1-20(2,14-21)18-17(24-13-15-9-5-3-6-10-15)19(23)22(18)16-11-7-4-8-12-16/h3,5-6,9-10,16-18H,4,7-8,11-14H2,1-2H3/t17-,18-/m0/s1. The molecule has 1 amide bonds. The van der Waals surface area contributed by atoms with E-state index < -0.39 is 0 Å². The van der Waals surface area contributed by atoms with Crippen LogP contribution in [-0.4, -0.2) is 34.3 Å². The van der Waals surface area contributed by atoms with Crippen molar-refractivity contribution < 1.29 is 9.53 Å². The van der Waals surface area contributed by atoms with Gasteiger partial charge in [-0.3, -0.25) is 4.79 Å². The molecule has 0 unspecified atom stereocenters. The number of ether oxygens (including phenoxy) is 1. The second-order valence-corrected chi connectivity index (χ2v) is 8.38. The number of hydrogen-bond acceptors (Lipinski definition) is 2. The maximum absolute atomic E-state index is 12.8. The van der Waals surface area contributed by atoms with Crippen molar-refractivity contribution in [2.45, 2.75) is 70.7 Å². The highest BCUT2D eigenvalue weighted by Gasteiger charge is 2.56. The topological polar surface area (TPSA) is 29.5 Å². The quantitative estimate of drug-likeness (QED) is 0.524. The van der Waals surface area contributed by atoms with Gasteiger partial charge >= 0.3 is 0 Å². The van der Waals surface area contributed by atoms with Crippen molar-refractivity contribution in [3.8, 4) is 0 Å². The van der Waals surface area contributed by atoms with Gasteiger partial charge in [-0.2, -0.15) is 0 Å². The van der Waals surface area contributed by atoms with Gasteiger partial charge in [0.15, 0.2) is 6.10 Å². The van der Waals surface area contributed by atoms with Gasteiger partial charge in [-0.1, -0.05) is 79.4 Å². The van der Waals surface area contributed by atoms with Gasteiger partial charge in [0.05, 0.1) is 12.6 Å². The predicted octanol–water partition coefficient (Wildman–Crippen LogP) is 4.54. The SMILES string of the molecule is CC(C)(CBr)[C@@H]1[C@H](OCc2ccccc2)C(=O)N1C1CCCCC1. The van der Waals surface area contributed by atoms with Gasteiger partial charge in [-0.25, -0.2) is 0 Å². The first-order valence-corrected chi connectivity index (χ1v) is 10.2. The molecule has 4 heteroatoms. The first-order chi connectivity index (χ1) is 11.5. The molecule has 1 aliphatic heterocycles. The summed E-state index contributed by atoms with van der Waals surface area (Å²) in [4.78, 5) is 15.0. The van der Waals surface area contributed by atoms with Crippen LogP contribution < -0.4 is 0 Å². The highest BCUT2D eigenvalue weighted by molar-refractivity contribution is 9.09. The Bertz CT molecular complexity index is 554. The minimum atomic E-state index is -0.306. The van der Waals surface area contributed by atoms with Gasteiger partial charge < -0.3 is 9.64 Å². The molecule has 1 aromatic rings. The number of rotatable bonds is 6. The highest BCUT2D eigenvalue weighted by atomic mass is 79.9. The molecular formula is C20H28BrNO2. The molecule has 0 radical (unpaired) electrons. The number of β-lactam (4-membered cyclic amide) rings is 1. The molecule has 2 aliphatic rings. The Morgan fingerprint density at radius 2 is 1.83 bits per heavy atom. The lowest BCUT2D eigenvalue weighted by Gasteiger charge is -2.57. The summed E-state index contributed by atoms with van der Waals surface area (Å²) in [6.07, 6.45) is 5.77. The van der Waals surface area contributed by atoms with Gasteiger partial charge in [0.2, 0.25) is 0 Å². The van der Waals surface area contributed by atoms with E-state index in [0.717, 1.165) is 23.7 Å². The van der Waals surface area contributed by atoms with Crippen molar-refractivity contribution in [1.29, 1.82) is 0 Å². The molecule has 0 aromatic heterocycles. The van der Waals surface area contributed by atoms with Crippen LogP contribution in [0.4, 0.5) is 0 Å². The van der Waals surface area contributed by atoms with Gasteiger partial charge in [0.1, 0.15) is 0 Å². The van der Waals surface area contributed by atoms with Crippen LogP contribution >= 0.6 is 15.9 Å². The van der Waals surface area contributed by atoms with Crippen molar-refractivity contribution >= 4 is 21.8 Å². The Kier molecular flexibility index (Phi) is 5.66. The summed E-state index contributed by atoms with van der Waals surface area (Å²) in [5.41, 5.74) is 1.13. The average molecular weight is 394 g/mol. The largest absolute Gasteiger partial charge is 0.361 e. The van der Waals surface area contributed by atoms with E-state index in [1.807, 2.05) is 30.3 Å². The average Bonchev–Trinajstić information content (AvgIpc) is 2.61.